The molecule has 0 aliphatic carbocycles. The van der Waals surface area contributed by atoms with E-state index in [1.807, 2.05) is 12.1 Å². The first-order valence-electron chi connectivity index (χ1n) is 7.41. The van der Waals surface area contributed by atoms with Crippen LogP contribution in [-0.4, -0.2) is 11.7 Å². The van der Waals surface area contributed by atoms with Crippen LogP contribution in [0.5, 0.6) is 0 Å². The summed E-state index contributed by atoms with van der Waals surface area (Å²) in [6.45, 7) is 4.70. The molecule has 1 heteroatoms. The Kier molecular flexibility index (Phi) is 4.97. The topological polar surface area (TPSA) is 20.2 Å². The highest BCUT2D eigenvalue weighted by Gasteiger charge is 2.34. The van der Waals surface area contributed by atoms with E-state index in [4.69, 9.17) is 0 Å². The molecule has 0 unspecified atom stereocenters. The van der Waals surface area contributed by atoms with Crippen LogP contribution in [0.3, 0.4) is 0 Å². The van der Waals surface area contributed by atoms with Crippen molar-refractivity contribution in [2.24, 2.45) is 5.92 Å². The SMILES string of the molecule is CC(C)CC(CCO)(c1ccccc1)c1ccccc1. The van der Waals surface area contributed by atoms with E-state index in [1.54, 1.807) is 0 Å². The minimum Gasteiger partial charge on any atom is -0.396 e. The average Bonchev–Trinajstić information content (AvgIpc) is 2.48. The summed E-state index contributed by atoms with van der Waals surface area (Å²) < 4.78 is 0. The van der Waals surface area contributed by atoms with Gasteiger partial charge in [0, 0.05) is 12.0 Å². The summed E-state index contributed by atoms with van der Waals surface area (Å²) in [7, 11) is 0. The number of benzene rings is 2. The zero-order valence-corrected chi connectivity index (χ0v) is 12.4. The van der Waals surface area contributed by atoms with Crippen LogP contribution in [0.1, 0.15) is 37.8 Å². The van der Waals surface area contributed by atoms with Crippen LogP contribution in [0.4, 0.5) is 0 Å². The highest BCUT2D eigenvalue weighted by Crippen LogP contribution is 2.40. The van der Waals surface area contributed by atoms with Gasteiger partial charge in [0.05, 0.1) is 0 Å². The van der Waals surface area contributed by atoms with Gasteiger partial charge < -0.3 is 5.11 Å². The first kappa shape index (κ1) is 14.8. The van der Waals surface area contributed by atoms with Crippen molar-refractivity contribution in [3.63, 3.8) is 0 Å². The fraction of sp³-hybridized carbons (Fsp3) is 0.368. The lowest BCUT2D eigenvalue weighted by Crippen LogP contribution is -2.31. The monoisotopic (exact) mass is 268 g/mol. The Morgan fingerprint density at radius 2 is 1.30 bits per heavy atom. The minimum absolute atomic E-state index is 0.0918. The number of hydrogen-bond acceptors (Lipinski definition) is 1. The molecule has 20 heavy (non-hydrogen) atoms. The lowest BCUT2D eigenvalue weighted by atomic mass is 9.67. The fourth-order valence-corrected chi connectivity index (χ4v) is 3.20. The molecule has 0 aromatic heterocycles. The summed E-state index contributed by atoms with van der Waals surface area (Å²) in [4.78, 5) is 0. The molecule has 2 rings (SSSR count). The molecule has 0 saturated carbocycles. The van der Waals surface area contributed by atoms with Gasteiger partial charge in [0.2, 0.25) is 0 Å². The van der Waals surface area contributed by atoms with Crippen molar-refractivity contribution in [2.75, 3.05) is 6.61 Å². The third-order valence-electron chi connectivity index (χ3n) is 3.95. The number of aliphatic hydroxyl groups is 1. The van der Waals surface area contributed by atoms with Crippen molar-refractivity contribution in [2.45, 2.75) is 32.1 Å². The van der Waals surface area contributed by atoms with Gasteiger partial charge in [-0.3, -0.25) is 0 Å². The molecule has 2 aromatic carbocycles. The minimum atomic E-state index is -0.0918. The molecule has 106 valence electrons. The third kappa shape index (κ3) is 3.10. The Hall–Kier alpha value is -1.60. The maximum atomic E-state index is 9.64. The van der Waals surface area contributed by atoms with Crippen molar-refractivity contribution in [1.82, 2.24) is 0 Å². The van der Waals surface area contributed by atoms with Crippen molar-refractivity contribution < 1.29 is 5.11 Å². The van der Waals surface area contributed by atoms with Crippen molar-refractivity contribution in [1.29, 1.82) is 0 Å². The Labute approximate surface area is 122 Å². The number of hydrogen-bond donors (Lipinski definition) is 1. The van der Waals surface area contributed by atoms with E-state index in [1.165, 1.54) is 11.1 Å². The highest BCUT2D eigenvalue weighted by atomic mass is 16.3. The Balaban J connectivity index is 2.56. The van der Waals surface area contributed by atoms with Crippen LogP contribution in [0.25, 0.3) is 0 Å². The van der Waals surface area contributed by atoms with E-state index < -0.39 is 0 Å². The molecule has 0 spiro atoms. The largest absolute Gasteiger partial charge is 0.396 e. The molecule has 0 atom stereocenters. The van der Waals surface area contributed by atoms with Gasteiger partial charge in [-0.1, -0.05) is 74.5 Å². The number of rotatable bonds is 6. The van der Waals surface area contributed by atoms with E-state index >= 15 is 0 Å². The molecule has 0 fully saturated rings. The summed E-state index contributed by atoms with van der Waals surface area (Å²) in [6, 6.07) is 21.2. The van der Waals surface area contributed by atoms with Crippen LogP contribution in [0, 0.1) is 5.92 Å². The van der Waals surface area contributed by atoms with E-state index in [9.17, 15) is 5.11 Å². The molecule has 0 bridgehead atoms. The second kappa shape index (κ2) is 6.71. The van der Waals surface area contributed by atoms with Gasteiger partial charge >= 0.3 is 0 Å². The van der Waals surface area contributed by atoms with Crippen LogP contribution in [0.2, 0.25) is 0 Å². The van der Waals surface area contributed by atoms with Gasteiger partial charge in [-0.25, -0.2) is 0 Å². The fourth-order valence-electron chi connectivity index (χ4n) is 3.20. The molecule has 0 heterocycles. The van der Waals surface area contributed by atoms with E-state index in [0.29, 0.717) is 5.92 Å². The first-order valence-corrected chi connectivity index (χ1v) is 7.41. The van der Waals surface area contributed by atoms with Crippen LogP contribution >= 0.6 is 0 Å². The van der Waals surface area contributed by atoms with Crippen molar-refractivity contribution in [3.05, 3.63) is 71.8 Å². The van der Waals surface area contributed by atoms with Gasteiger partial charge in [-0.2, -0.15) is 0 Å². The van der Waals surface area contributed by atoms with Crippen LogP contribution < -0.4 is 0 Å². The lowest BCUT2D eigenvalue weighted by molar-refractivity contribution is 0.237. The van der Waals surface area contributed by atoms with Crippen molar-refractivity contribution in [3.8, 4) is 0 Å². The van der Waals surface area contributed by atoms with E-state index in [-0.39, 0.29) is 12.0 Å². The van der Waals surface area contributed by atoms with E-state index in [2.05, 4.69) is 62.4 Å². The van der Waals surface area contributed by atoms with Gasteiger partial charge in [0.15, 0.2) is 0 Å². The Morgan fingerprint density at radius 1 is 0.850 bits per heavy atom. The zero-order valence-electron chi connectivity index (χ0n) is 12.4. The van der Waals surface area contributed by atoms with Crippen LogP contribution in [0.15, 0.2) is 60.7 Å². The summed E-state index contributed by atoms with van der Waals surface area (Å²) in [5.41, 5.74) is 2.51. The summed E-state index contributed by atoms with van der Waals surface area (Å²) in [6.07, 6.45) is 1.81. The van der Waals surface area contributed by atoms with Crippen LogP contribution in [-0.2, 0) is 5.41 Å². The molecular weight excluding hydrogens is 244 g/mol. The predicted octanol–water partition coefficient (Wildman–Crippen LogP) is 4.40. The van der Waals surface area contributed by atoms with Gasteiger partial charge in [-0.15, -0.1) is 0 Å². The molecule has 0 radical (unpaired) electrons. The summed E-state index contributed by atoms with van der Waals surface area (Å²) >= 11 is 0. The second-order valence-corrected chi connectivity index (χ2v) is 5.89. The maximum Gasteiger partial charge on any atom is 0.0442 e. The molecule has 1 nitrogen and oxygen atoms in total. The molecule has 2 aromatic rings. The normalized spacial score (nSPS) is 11.8. The Bertz CT molecular complexity index is 462. The zero-order chi connectivity index (χ0) is 14.4. The smallest absolute Gasteiger partial charge is 0.0442 e. The first-order chi connectivity index (χ1) is 9.69. The average molecular weight is 268 g/mol. The number of aliphatic hydroxyl groups excluding tert-OH is 1. The molecule has 0 amide bonds. The Morgan fingerprint density at radius 3 is 1.65 bits per heavy atom. The molecule has 1 N–H and O–H groups in total. The van der Waals surface area contributed by atoms with Gasteiger partial charge in [-0.05, 0) is 29.9 Å². The summed E-state index contributed by atoms with van der Waals surface area (Å²) in [5.74, 6) is 0.571. The molecule has 0 saturated heterocycles. The quantitative estimate of drug-likeness (QED) is 0.823. The predicted molar refractivity (Wildman–Crippen MR) is 84.8 cm³/mol. The van der Waals surface area contributed by atoms with Gasteiger partial charge in [0.25, 0.3) is 0 Å². The maximum absolute atomic E-state index is 9.64. The standard InChI is InChI=1S/C19H24O/c1-16(2)15-19(13-14-20,17-9-5-3-6-10-17)18-11-7-4-8-12-18/h3-12,16,20H,13-15H2,1-2H3. The molecule has 0 aliphatic rings. The molecular formula is C19H24O. The highest BCUT2D eigenvalue weighted by molar-refractivity contribution is 5.39. The molecule has 0 aliphatic heterocycles. The van der Waals surface area contributed by atoms with E-state index in [0.717, 1.165) is 12.8 Å². The second-order valence-electron chi connectivity index (χ2n) is 5.89. The lowest BCUT2D eigenvalue weighted by Gasteiger charge is -2.36. The summed E-state index contributed by atoms with van der Waals surface area (Å²) in [5, 5.41) is 9.64. The van der Waals surface area contributed by atoms with Gasteiger partial charge in [0.1, 0.15) is 0 Å². The van der Waals surface area contributed by atoms with Crippen molar-refractivity contribution >= 4 is 0 Å². The third-order valence-corrected chi connectivity index (χ3v) is 3.95.